The minimum Gasteiger partial charge on any atom is -0.497 e. The normalized spacial score (nSPS) is 11.1. The van der Waals surface area contributed by atoms with Gasteiger partial charge in [-0.1, -0.05) is 28.9 Å². The second kappa shape index (κ2) is 8.24. The van der Waals surface area contributed by atoms with Crippen LogP contribution in [0, 0.1) is 0 Å². The molecule has 3 aromatic heterocycles. The zero-order chi connectivity index (χ0) is 22.1. The molecule has 3 heterocycles. The van der Waals surface area contributed by atoms with E-state index in [0.717, 1.165) is 16.5 Å². The molecule has 0 bridgehead atoms. The van der Waals surface area contributed by atoms with Crippen LogP contribution in [0.3, 0.4) is 0 Å². The van der Waals surface area contributed by atoms with Crippen molar-refractivity contribution in [2.24, 2.45) is 0 Å². The number of carbonyl (C=O) groups is 1. The molecule has 0 radical (unpaired) electrons. The lowest BCUT2D eigenvalue weighted by atomic mass is 10.1. The molecule has 8 nitrogen and oxygen atoms in total. The summed E-state index contributed by atoms with van der Waals surface area (Å²) in [6.07, 6.45) is 4.95. The van der Waals surface area contributed by atoms with Crippen molar-refractivity contribution in [3.05, 3.63) is 95.0 Å². The van der Waals surface area contributed by atoms with E-state index in [1.165, 1.54) is 4.68 Å². The molecule has 0 saturated heterocycles. The molecule has 0 N–H and O–H groups in total. The van der Waals surface area contributed by atoms with E-state index in [4.69, 9.17) is 16.3 Å². The van der Waals surface area contributed by atoms with Crippen molar-refractivity contribution in [1.29, 1.82) is 0 Å². The number of nitrogens with zero attached hydrogens (tertiary/aromatic N) is 6. The summed E-state index contributed by atoms with van der Waals surface area (Å²) in [4.78, 5) is 13.4. The number of hydrogen-bond donors (Lipinski definition) is 0. The van der Waals surface area contributed by atoms with E-state index in [1.807, 2.05) is 53.2 Å². The van der Waals surface area contributed by atoms with Crippen molar-refractivity contribution in [2.75, 3.05) is 7.11 Å². The summed E-state index contributed by atoms with van der Waals surface area (Å²) >= 11 is 6.01. The quantitative estimate of drug-likeness (QED) is 0.368. The van der Waals surface area contributed by atoms with Gasteiger partial charge in [0.05, 0.1) is 13.3 Å². The van der Waals surface area contributed by atoms with Crippen LogP contribution >= 0.6 is 11.6 Å². The molecule has 0 aliphatic rings. The van der Waals surface area contributed by atoms with Crippen LogP contribution in [0.5, 0.6) is 5.75 Å². The molecular weight excluding hydrogens is 428 g/mol. The topological polar surface area (TPSA) is 87.7 Å². The first-order valence-electron chi connectivity index (χ1n) is 9.79. The fourth-order valence-electron chi connectivity index (χ4n) is 3.53. The molecule has 2 aromatic carbocycles. The van der Waals surface area contributed by atoms with Crippen LogP contribution in [0.15, 0.2) is 73.2 Å². The van der Waals surface area contributed by atoms with Gasteiger partial charge in [-0.15, -0.1) is 10.2 Å². The number of hydrogen-bond acceptors (Lipinski definition) is 6. The van der Waals surface area contributed by atoms with E-state index in [0.29, 0.717) is 28.7 Å². The molecule has 0 aliphatic carbocycles. The van der Waals surface area contributed by atoms with Crippen molar-refractivity contribution in [3.8, 4) is 11.6 Å². The predicted molar refractivity (Wildman–Crippen MR) is 119 cm³/mol. The van der Waals surface area contributed by atoms with Crippen LogP contribution < -0.4 is 4.74 Å². The monoisotopic (exact) mass is 444 g/mol. The summed E-state index contributed by atoms with van der Waals surface area (Å²) in [6.45, 7) is 0.583. The van der Waals surface area contributed by atoms with Crippen LogP contribution in [0.4, 0.5) is 0 Å². The number of ketones is 1. The first-order chi connectivity index (χ1) is 15.6. The maximum absolute atomic E-state index is 13.4. The van der Waals surface area contributed by atoms with Crippen molar-refractivity contribution >= 4 is 28.3 Å². The van der Waals surface area contributed by atoms with Crippen LogP contribution in [0.1, 0.15) is 21.6 Å². The fourth-order valence-corrected chi connectivity index (χ4v) is 3.66. The Morgan fingerprint density at radius 1 is 1.06 bits per heavy atom. The highest BCUT2D eigenvalue weighted by atomic mass is 35.5. The standard InChI is InChI=1S/C23H17ClN6O2/c1-32-17-8-9-21-18(11-17)19(13-29(21)12-15-4-6-16(24)7-5-15)23(31)20-14-30(28-26-20)22-3-2-10-25-27-22/h2-11,13-14H,12H2,1H3. The number of methoxy groups -OCH3 is 1. The van der Waals surface area contributed by atoms with E-state index in [2.05, 4.69) is 20.5 Å². The number of rotatable bonds is 6. The van der Waals surface area contributed by atoms with Crippen LogP contribution in [0.25, 0.3) is 16.7 Å². The van der Waals surface area contributed by atoms with Crippen molar-refractivity contribution in [1.82, 2.24) is 29.8 Å². The first-order valence-corrected chi connectivity index (χ1v) is 10.2. The molecule has 0 fully saturated rings. The molecular formula is C23H17ClN6O2. The molecule has 0 atom stereocenters. The number of benzene rings is 2. The molecule has 158 valence electrons. The number of carbonyl (C=O) groups excluding carboxylic acids is 1. The van der Waals surface area contributed by atoms with Gasteiger partial charge in [-0.05, 0) is 48.0 Å². The van der Waals surface area contributed by atoms with E-state index >= 15 is 0 Å². The van der Waals surface area contributed by atoms with E-state index in [-0.39, 0.29) is 11.5 Å². The van der Waals surface area contributed by atoms with Gasteiger partial charge in [0.15, 0.2) is 11.5 Å². The molecule has 0 unspecified atom stereocenters. The summed E-state index contributed by atoms with van der Waals surface area (Å²) in [7, 11) is 1.60. The van der Waals surface area contributed by atoms with Gasteiger partial charge in [-0.3, -0.25) is 4.79 Å². The number of aromatic nitrogens is 6. The number of ether oxygens (including phenoxy) is 1. The SMILES string of the molecule is COc1ccc2c(c1)c(C(=O)c1cn(-c3cccnn3)nn1)cn2Cc1ccc(Cl)cc1. The molecule has 9 heteroatoms. The minimum absolute atomic E-state index is 0.212. The van der Waals surface area contributed by atoms with Crippen molar-refractivity contribution in [2.45, 2.75) is 6.54 Å². The molecule has 0 saturated carbocycles. The van der Waals surface area contributed by atoms with Gasteiger partial charge in [0.2, 0.25) is 5.78 Å². The smallest absolute Gasteiger partial charge is 0.217 e. The average Bonchev–Trinajstić information content (AvgIpc) is 3.46. The molecule has 5 aromatic rings. The van der Waals surface area contributed by atoms with Crippen molar-refractivity contribution in [3.63, 3.8) is 0 Å². The zero-order valence-electron chi connectivity index (χ0n) is 17.0. The largest absolute Gasteiger partial charge is 0.497 e. The second-order valence-electron chi connectivity index (χ2n) is 7.14. The summed E-state index contributed by atoms with van der Waals surface area (Å²) in [5.74, 6) is 0.901. The van der Waals surface area contributed by atoms with E-state index < -0.39 is 0 Å². The van der Waals surface area contributed by atoms with Gasteiger partial charge in [-0.25, -0.2) is 0 Å². The van der Waals surface area contributed by atoms with Crippen LogP contribution in [-0.2, 0) is 6.54 Å². The third-order valence-corrected chi connectivity index (χ3v) is 5.37. The van der Waals surface area contributed by atoms with E-state index in [9.17, 15) is 4.79 Å². The lowest BCUT2D eigenvalue weighted by Gasteiger charge is -2.06. The second-order valence-corrected chi connectivity index (χ2v) is 7.58. The number of halogens is 1. The van der Waals surface area contributed by atoms with Crippen molar-refractivity contribution < 1.29 is 9.53 Å². The lowest BCUT2D eigenvalue weighted by molar-refractivity contribution is 0.103. The predicted octanol–water partition coefficient (Wildman–Crippen LogP) is 3.95. The fraction of sp³-hybridized carbons (Fsp3) is 0.0870. The highest BCUT2D eigenvalue weighted by Gasteiger charge is 2.21. The molecule has 0 spiro atoms. The number of fused-ring (bicyclic) bond motifs is 1. The highest BCUT2D eigenvalue weighted by molar-refractivity contribution is 6.30. The Morgan fingerprint density at radius 3 is 2.66 bits per heavy atom. The summed E-state index contributed by atoms with van der Waals surface area (Å²) in [5, 5.41) is 17.4. The third-order valence-electron chi connectivity index (χ3n) is 5.12. The summed E-state index contributed by atoms with van der Waals surface area (Å²) < 4.78 is 8.83. The lowest BCUT2D eigenvalue weighted by Crippen LogP contribution is -2.02. The van der Waals surface area contributed by atoms with Gasteiger partial charge in [-0.2, -0.15) is 9.78 Å². The third kappa shape index (κ3) is 3.72. The molecule has 5 rings (SSSR count). The Balaban J connectivity index is 1.56. The highest BCUT2D eigenvalue weighted by Crippen LogP contribution is 2.28. The minimum atomic E-state index is -0.242. The maximum atomic E-state index is 13.4. The first kappa shape index (κ1) is 19.9. The molecule has 0 amide bonds. The average molecular weight is 445 g/mol. The zero-order valence-corrected chi connectivity index (χ0v) is 17.8. The van der Waals surface area contributed by atoms with Gasteiger partial charge in [0.1, 0.15) is 5.75 Å². The van der Waals surface area contributed by atoms with Gasteiger partial charge >= 0.3 is 0 Å². The Labute approximate surface area is 188 Å². The molecule has 32 heavy (non-hydrogen) atoms. The Morgan fingerprint density at radius 2 is 1.91 bits per heavy atom. The van der Waals surface area contributed by atoms with Gasteiger partial charge in [0.25, 0.3) is 0 Å². The van der Waals surface area contributed by atoms with E-state index in [1.54, 1.807) is 31.6 Å². The summed E-state index contributed by atoms with van der Waals surface area (Å²) in [6, 6.07) is 16.8. The van der Waals surface area contributed by atoms with Crippen LogP contribution in [0.2, 0.25) is 5.02 Å². The van der Waals surface area contributed by atoms with Gasteiger partial charge in [0, 0.05) is 40.4 Å². The Bertz CT molecular complexity index is 1410. The Hall–Kier alpha value is -4.04. The maximum Gasteiger partial charge on any atom is 0.217 e. The van der Waals surface area contributed by atoms with Crippen LogP contribution in [-0.4, -0.2) is 42.7 Å². The molecule has 0 aliphatic heterocycles. The van der Waals surface area contributed by atoms with Gasteiger partial charge < -0.3 is 9.30 Å². The summed E-state index contributed by atoms with van der Waals surface area (Å²) in [5.41, 5.74) is 2.70. The Kier molecular flexibility index (Phi) is 5.12.